The number of nitrogens with zero attached hydrogens (tertiary/aromatic N) is 2. The van der Waals surface area contributed by atoms with Crippen molar-refractivity contribution in [2.45, 2.75) is 6.54 Å². The molecule has 0 amide bonds. The van der Waals surface area contributed by atoms with Gasteiger partial charge in [-0.05, 0) is 6.07 Å². The Bertz CT molecular complexity index is 279. The quantitative estimate of drug-likeness (QED) is 0.553. The van der Waals surface area contributed by atoms with Crippen LogP contribution in [0.4, 0.5) is 5.69 Å². The van der Waals surface area contributed by atoms with Crippen LogP contribution in [-0.2, 0) is 6.54 Å². The van der Waals surface area contributed by atoms with E-state index in [4.69, 9.17) is 5.73 Å². The summed E-state index contributed by atoms with van der Waals surface area (Å²) in [6.07, 6.45) is 1.48. The average Bonchev–Trinajstić information content (AvgIpc) is 2.04. The zero-order chi connectivity index (χ0) is 8.27. The second-order valence-electron chi connectivity index (χ2n) is 1.93. The van der Waals surface area contributed by atoms with Crippen molar-refractivity contribution < 1.29 is 4.92 Å². The summed E-state index contributed by atoms with van der Waals surface area (Å²) >= 11 is 0. The maximum absolute atomic E-state index is 10.3. The number of aromatic nitrogens is 1. The first-order valence-corrected chi connectivity index (χ1v) is 3.04. The second-order valence-corrected chi connectivity index (χ2v) is 1.93. The molecular formula is C6H8ClN3O2. The molecule has 6 heteroatoms. The summed E-state index contributed by atoms with van der Waals surface area (Å²) in [6.45, 7) is 0.0944. The predicted molar refractivity (Wildman–Crippen MR) is 46.0 cm³/mol. The lowest BCUT2D eigenvalue weighted by Gasteiger charge is -1.95. The van der Waals surface area contributed by atoms with Crippen molar-refractivity contribution in [1.29, 1.82) is 0 Å². The maximum Gasteiger partial charge on any atom is 0.292 e. The molecule has 2 N–H and O–H groups in total. The molecule has 1 aromatic heterocycles. The number of halogens is 1. The number of nitro groups is 1. The third kappa shape index (κ3) is 2.14. The minimum Gasteiger partial charge on any atom is -0.325 e. The summed E-state index contributed by atoms with van der Waals surface area (Å²) in [7, 11) is 0. The van der Waals surface area contributed by atoms with E-state index >= 15 is 0 Å². The minimum atomic E-state index is -0.491. The summed E-state index contributed by atoms with van der Waals surface area (Å²) in [5, 5.41) is 10.3. The smallest absolute Gasteiger partial charge is 0.292 e. The number of rotatable bonds is 2. The van der Waals surface area contributed by atoms with Crippen molar-refractivity contribution in [1.82, 2.24) is 4.98 Å². The van der Waals surface area contributed by atoms with Crippen LogP contribution in [0, 0.1) is 10.1 Å². The topological polar surface area (TPSA) is 82.0 Å². The van der Waals surface area contributed by atoms with E-state index in [-0.39, 0.29) is 24.6 Å². The Hall–Kier alpha value is -1.20. The summed E-state index contributed by atoms with van der Waals surface area (Å²) < 4.78 is 0. The van der Waals surface area contributed by atoms with E-state index in [2.05, 4.69) is 4.98 Å². The first kappa shape index (κ1) is 10.8. The number of nitrogens with two attached hydrogens (primary N) is 1. The van der Waals surface area contributed by atoms with Crippen molar-refractivity contribution in [2.75, 3.05) is 0 Å². The van der Waals surface area contributed by atoms with E-state index < -0.39 is 4.92 Å². The van der Waals surface area contributed by atoms with Crippen LogP contribution in [0.3, 0.4) is 0 Å². The molecule has 1 heterocycles. The number of hydrogen-bond donors (Lipinski definition) is 1. The third-order valence-electron chi connectivity index (χ3n) is 1.26. The van der Waals surface area contributed by atoms with Crippen molar-refractivity contribution in [3.63, 3.8) is 0 Å². The average molecular weight is 190 g/mol. The molecule has 0 radical (unpaired) electrons. The molecule has 0 bridgehead atoms. The predicted octanol–water partition coefficient (Wildman–Crippen LogP) is 0.870. The molecule has 1 aromatic rings. The SMILES string of the molecule is Cl.NCc1ncccc1[N+](=O)[O-]. The van der Waals surface area contributed by atoms with Crippen LogP contribution in [0.15, 0.2) is 18.3 Å². The highest BCUT2D eigenvalue weighted by atomic mass is 35.5. The van der Waals surface area contributed by atoms with Crippen LogP contribution in [0.1, 0.15) is 5.69 Å². The van der Waals surface area contributed by atoms with Crippen LogP contribution in [0.5, 0.6) is 0 Å². The second kappa shape index (κ2) is 4.63. The number of pyridine rings is 1. The van der Waals surface area contributed by atoms with Crippen LogP contribution in [-0.4, -0.2) is 9.91 Å². The van der Waals surface area contributed by atoms with Crippen molar-refractivity contribution >= 4 is 18.1 Å². The lowest BCUT2D eigenvalue weighted by atomic mass is 10.3. The molecule has 0 aromatic carbocycles. The Kier molecular flexibility index (Phi) is 4.17. The van der Waals surface area contributed by atoms with E-state index in [9.17, 15) is 10.1 Å². The van der Waals surface area contributed by atoms with Gasteiger partial charge in [0.05, 0.1) is 4.92 Å². The molecule has 12 heavy (non-hydrogen) atoms. The molecular weight excluding hydrogens is 182 g/mol. The molecule has 0 fully saturated rings. The fourth-order valence-corrected chi connectivity index (χ4v) is 0.753. The minimum absolute atomic E-state index is 0. The van der Waals surface area contributed by atoms with Crippen LogP contribution in [0.2, 0.25) is 0 Å². The van der Waals surface area contributed by atoms with E-state index in [1.54, 1.807) is 0 Å². The van der Waals surface area contributed by atoms with E-state index in [0.29, 0.717) is 5.69 Å². The van der Waals surface area contributed by atoms with Crippen LogP contribution >= 0.6 is 12.4 Å². The number of hydrogen-bond acceptors (Lipinski definition) is 4. The van der Waals surface area contributed by atoms with Gasteiger partial charge in [0.25, 0.3) is 5.69 Å². The van der Waals surface area contributed by atoms with Gasteiger partial charge in [-0.15, -0.1) is 12.4 Å². The largest absolute Gasteiger partial charge is 0.325 e. The zero-order valence-corrected chi connectivity index (χ0v) is 6.95. The fourth-order valence-electron chi connectivity index (χ4n) is 0.753. The maximum atomic E-state index is 10.3. The van der Waals surface area contributed by atoms with Crippen molar-refractivity contribution in [3.05, 3.63) is 34.1 Å². The van der Waals surface area contributed by atoms with Gasteiger partial charge in [0.2, 0.25) is 0 Å². The zero-order valence-electron chi connectivity index (χ0n) is 6.14. The Morgan fingerprint density at radius 1 is 1.67 bits per heavy atom. The highest BCUT2D eigenvalue weighted by molar-refractivity contribution is 5.85. The lowest BCUT2D eigenvalue weighted by molar-refractivity contribution is -0.385. The van der Waals surface area contributed by atoms with Crippen molar-refractivity contribution in [3.8, 4) is 0 Å². The lowest BCUT2D eigenvalue weighted by Crippen LogP contribution is -2.03. The van der Waals surface area contributed by atoms with Gasteiger partial charge in [-0.3, -0.25) is 15.1 Å². The molecule has 66 valence electrons. The van der Waals surface area contributed by atoms with Crippen LogP contribution < -0.4 is 5.73 Å². The summed E-state index contributed by atoms with van der Waals surface area (Å²) in [4.78, 5) is 13.6. The standard InChI is InChI=1S/C6H7N3O2.ClH/c7-4-5-6(9(10)11)2-1-3-8-5;/h1-3H,4,7H2;1H. The van der Waals surface area contributed by atoms with Gasteiger partial charge in [0.1, 0.15) is 5.69 Å². The van der Waals surface area contributed by atoms with E-state index in [0.717, 1.165) is 0 Å². The fraction of sp³-hybridized carbons (Fsp3) is 0.167. The highest BCUT2D eigenvalue weighted by Gasteiger charge is 2.10. The monoisotopic (exact) mass is 189 g/mol. The summed E-state index contributed by atoms with van der Waals surface area (Å²) in [5.74, 6) is 0. The Morgan fingerprint density at radius 2 is 2.33 bits per heavy atom. The Morgan fingerprint density at radius 3 is 2.75 bits per heavy atom. The Labute approximate surface area is 75.2 Å². The van der Waals surface area contributed by atoms with Gasteiger partial charge < -0.3 is 5.73 Å². The molecule has 0 spiro atoms. The summed E-state index contributed by atoms with van der Waals surface area (Å²) in [6, 6.07) is 2.90. The van der Waals surface area contributed by atoms with Gasteiger partial charge >= 0.3 is 0 Å². The van der Waals surface area contributed by atoms with E-state index in [1.165, 1.54) is 18.3 Å². The molecule has 0 aliphatic rings. The van der Waals surface area contributed by atoms with Gasteiger partial charge in [-0.25, -0.2) is 0 Å². The van der Waals surface area contributed by atoms with Crippen molar-refractivity contribution in [2.24, 2.45) is 5.73 Å². The normalized spacial score (nSPS) is 8.75. The molecule has 5 nitrogen and oxygen atoms in total. The molecule has 1 rings (SSSR count). The Balaban J connectivity index is 0.00000121. The van der Waals surface area contributed by atoms with Gasteiger partial charge in [-0.2, -0.15) is 0 Å². The first-order chi connectivity index (χ1) is 5.25. The molecule has 0 aliphatic heterocycles. The molecule has 0 aliphatic carbocycles. The summed E-state index contributed by atoms with van der Waals surface area (Å²) in [5.41, 5.74) is 5.52. The molecule has 0 unspecified atom stereocenters. The van der Waals surface area contributed by atoms with E-state index in [1.807, 2.05) is 0 Å². The molecule has 0 saturated carbocycles. The van der Waals surface area contributed by atoms with Gasteiger partial charge in [-0.1, -0.05) is 0 Å². The molecule has 0 saturated heterocycles. The highest BCUT2D eigenvalue weighted by Crippen LogP contribution is 2.13. The van der Waals surface area contributed by atoms with Gasteiger partial charge in [0, 0.05) is 18.8 Å². The first-order valence-electron chi connectivity index (χ1n) is 3.04. The molecule has 0 atom stereocenters. The van der Waals surface area contributed by atoms with Crippen LogP contribution in [0.25, 0.3) is 0 Å². The third-order valence-corrected chi connectivity index (χ3v) is 1.26. The van der Waals surface area contributed by atoms with Gasteiger partial charge in [0.15, 0.2) is 0 Å².